The molecule has 1 N–H and O–H groups in total. The zero-order chi connectivity index (χ0) is 15.4. The number of nitro groups is 1. The van der Waals surface area contributed by atoms with Crippen molar-refractivity contribution in [1.82, 2.24) is 4.98 Å². The van der Waals surface area contributed by atoms with E-state index in [2.05, 4.69) is 10.3 Å². The summed E-state index contributed by atoms with van der Waals surface area (Å²) >= 11 is 0. The fourth-order valence-electron chi connectivity index (χ4n) is 2.07. The Labute approximate surface area is 122 Å². The van der Waals surface area contributed by atoms with E-state index in [1.807, 2.05) is 32.0 Å². The van der Waals surface area contributed by atoms with Gasteiger partial charge in [-0.3, -0.25) is 10.1 Å². The second-order valence-electron chi connectivity index (χ2n) is 4.77. The molecule has 110 valence electrons. The topological polar surface area (TPSA) is 77.3 Å². The molecule has 0 amide bonds. The molecule has 0 aliphatic carbocycles. The van der Waals surface area contributed by atoms with E-state index in [-0.39, 0.29) is 11.7 Å². The van der Waals surface area contributed by atoms with Crippen molar-refractivity contribution in [2.24, 2.45) is 0 Å². The highest BCUT2D eigenvalue weighted by Crippen LogP contribution is 2.28. The van der Waals surface area contributed by atoms with Gasteiger partial charge in [0.15, 0.2) is 0 Å². The summed E-state index contributed by atoms with van der Waals surface area (Å²) in [6.45, 7) is 4.00. The van der Waals surface area contributed by atoms with Crippen LogP contribution in [0.5, 0.6) is 5.75 Å². The van der Waals surface area contributed by atoms with Gasteiger partial charge in [-0.15, -0.1) is 0 Å². The molecule has 1 aromatic heterocycles. The molecule has 6 heteroatoms. The minimum atomic E-state index is -0.468. The van der Waals surface area contributed by atoms with Crippen LogP contribution in [0.4, 0.5) is 11.5 Å². The molecule has 1 heterocycles. The van der Waals surface area contributed by atoms with E-state index in [9.17, 15) is 10.1 Å². The summed E-state index contributed by atoms with van der Waals surface area (Å²) in [4.78, 5) is 14.2. The Morgan fingerprint density at radius 1 is 1.33 bits per heavy atom. The number of rotatable bonds is 5. The average molecular weight is 287 g/mol. The lowest BCUT2D eigenvalue weighted by molar-refractivity contribution is -0.385. The monoisotopic (exact) mass is 287 g/mol. The van der Waals surface area contributed by atoms with Crippen molar-refractivity contribution in [3.8, 4) is 5.75 Å². The number of nitrogens with one attached hydrogen (secondary N) is 1. The minimum absolute atomic E-state index is 0.0265. The maximum atomic E-state index is 10.6. The van der Waals surface area contributed by atoms with E-state index in [0.717, 1.165) is 16.9 Å². The second kappa shape index (κ2) is 6.21. The van der Waals surface area contributed by atoms with Gasteiger partial charge in [0, 0.05) is 11.6 Å². The maximum Gasteiger partial charge on any atom is 0.287 e. The Morgan fingerprint density at radius 2 is 2.10 bits per heavy atom. The Bertz CT molecular complexity index is 641. The first-order valence-corrected chi connectivity index (χ1v) is 6.53. The van der Waals surface area contributed by atoms with Gasteiger partial charge in [-0.05, 0) is 26.0 Å². The predicted molar refractivity (Wildman–Crippen MR) is 80.7 cm³/mol. The van der Waals surface area contributed by atoms with Crippen molar-refractivity contribution in [3.05, 3.63) is 57.8 Å². The fourth-order valence-corrected chi connectivity index (χ4v) is 2.07. The first-order valence-electron chi connectivity index (χ1n) is 6.53. The lowest BCUT2D eigenvalue weighted by atomic mass is 10.0. The Balaban J connectivity index is 2.19. The molecule has 2 aromatic rings. The Morgan fingerprint density at radius 3 is 2.67 bits per heavy atom. The molecule has 0 fully saturated rings. The number of aromatic nitrogens is 1. The summed E-state index contributed by atoms with van der Waals surface area (Å²) in [5.74, 6) is 1.37. The first kappa shape index (κ1) is 14.8. The van der Waals surface area contributed by atoms with Crippen LogP contribution >= 0.6 is 0 Å². The summed E-state index contributed by atoms with van der Waals surface area (Å²) in [7, 11) is 1.63. The molecular weight excluding hydrogens is 270 g/mol. The number of hydrogen-bond donors (Lipinski definition) is 1. The SMILES string of the molecule is COc1ccc(C)cc1C(C)Nc1ccc([N+](=O)[O-])cn1. The number of nitrogens with zero attached hydrogens (tertiary/aromatic N) is 2. The number of benzene rings is 1. The summed E-state index contributed by atoms with van der Waals surface area (Å²) < 4.78 is 5.36. The third-order valence-corrected chi connectivity index (χ3v) is 3.17. The van der Waals surface area contributed by atoms with Crippen molar-refractivity contribution in [3.63, 3.8) is 0 Å². The highest BCUT2D eigenvalue weighted by atomic mass is 16.6. The maximum absolute atomic E-state index is 10.6. The van der Waals surface area contributed by atoms with Crippen LogP contribution in [0.25, 0.3) is 0 Å². The lowest BCUT2D eigenvalue weighted by Gasteiger charge is -2.18. The van der Waals surface area contributed by atoms with Crippen molar-refractivity contribution < 1.29 is 9.66 Å². The van der Waals surface area contributed by atoms with Gasteiger partial charge in [0.1, 0.15) is 17.8 Å². The van der Waals surface area contributed by atoms with Crippen LogP contribution in [0.2, 0.25) is 0 Å². The molecule has 1 unspecified atom stereocenters. The van der Waals surface area contributed by atoms with Gasteiger partial charge in [0.05, 0.1) is 18.1 Å². The standard InChI is InChI=1S/C15H17N3O3/c1-10-4-6-14(21-3)13(8-10)11(2)17-15-7-5-12(9-16-15)18(19)20/h4-9,11H,1-3H3,(H,16,17). The zero-order valence-electron chi connectivity index (χ0n) is 12.2. The highest BCUT2D eigenvalue weighted by Gasteiger charge is 2.13. The van der Waals surface area contributed by atoms with Crippen molar-refractivity contribution in [2.75, 3.05) is 12.4 Å². The van der Waals surface area contributed by atoms with Crippen molar-refractivity contribution >= 4 is 11.5 Å². The van der Waals surface area contributed by atoms with Crippen LogP contribution in [-0.4, -0.2) is 17.0 Å². The predicted octanol–water partition coefficient (Wildman–Crippen LogP) is 3.48. The molecule has 0 bridgehead atoms. The molecule has 21 heavy (non-hydrogen) atoms. The number of methoxy groups -OCH3 is 1. The van der Waals surface area contributed by atoms with E-state index < -0.39 is 4.92 Å². The van der Waals surface area contributed by atoms with Crippen LogP contribution < -0.4 is 10.1 Å². The lowest BCUT2D eigenvalue weighted by Crippen LogP contribution is -2.09. The van der Waals surface area contributed by atoms with Gasteiger partial charge in [-0.25, -0.2) is 4.98 Å². The Hall–Kier alpha value is -2.63. The molecule has 1 aromatic carbocycles. The zero-order valence-corrected chi connectivity index (χ0v) is 12.2. The minimum Gasteiger partial charge on any atom is -0.496 e. The summed E-state index contributed by atoms with van der Waals surface area (Å²) in [5, 5.41) is 13.8. The van der Waals surface area contributed by atoms with Gasteiger partial charge in [-0.2, -0.15) is 0 Å². The second-order valence-corrected chi connectivity index (χ2v) is 4.77. The molecular formula is C15H17N3O3. The number of pyridine rings is 1. The van der Waals surface area contributed by atoms with Crippen LogP contribution in [-0.2, 0) is 0 Å². The molecule has 0 saturated carbocycles. The van der Waals surface area contributed by atoms with Crippen LogP contribution in [0.1, 0.15) is 24.1 Å². The van der Waals surface area contributed by atoms with Gasteiger partial charge >= 0.3 is 0 Å². The number of ether oxygens (including phenoxy) is 1. The van der Waals surface area contributed by atoms with Gasteiger partial charge < -0.3 is 10.1 Å². The highest BCUT2D eigenvalue weighted by molar-refractivity contribution is 5.46. The fraction of sp³-hybridized carbons (Fsp3) is 0.267. The molecule has 0 saturated heterocycles. The first-order chi connectivity index (χ1) is 10.0. The number of anilines is 1. The Kier molecular flexibility index (Phi) is 4.37. The molecule has 0 aliphatic rings. The molecule has 0 radical (unpaired) electrons. The number of aryl methyl sites for hydroxylation is 1. The quantitative estimate of drug-likeness (QED) is 0.673. The van der Waals surface area contributed by atoms with Crippen LogP contribution in [0.15, 0.2) is 36.5 Å². The van der Waals surface area contributed by atoms with Crippen LogP contribution in [0, 0.1) is 17.0 Å². The average Bonchev–Trinajstić information content (AvgIpc) is 2.47. The van der Waals surface area contributed by atoms with E-state index in [0.29, 0.717) is 5.82 Å². The van der Waals surface area contributed by atoms with E-state index in [1.54, 1.807) is 13.2 Å². The number of hydrogen-bond acceptors (Lipinski definition) is 5. The third-order valence-electron chi connectivity index (χ3n) is 3.17. The molecule has 0 aliphatic heterocycles. The molecule has 6 nitrogen and oxygen atoms in total. The van der Waals surface area contributed by atoms with E-state index >= 15 is 0 Å². The summed E-state index contributed by atoms with van der Waals surface area (Å²) in [5.41, 5.74) is 2.12. The summed E-state index contributed by atoms with van der Waals surface area (Å²) in [6.07, 6.45) is 1.24. The van der Waals surface area contributed by atoms with Crippen molar-refractivity contribution in [2.45, 2.75) is 19.9 Å². The smallest absolute Gasteiger partial charge is 0.287 e. The third kappa shape index (κ3) is 3.47. The van der Waals surface area contributed by atoms with E-state index in [1.165, 1.54) is 12.3 Å². The largest absolute Gasteiger partial charge is 0.496 e. The molecule has 1 atom stereocenters. The van der Waals surface area contributed by atoms with Gasteiger partial charge in [0.2, 0.25) is 0 Å². The normalized spacial score (nSPS) is 11.8. The van der Waals surface area contributed by atoms with Crippen molar-refractivity contribution in [1.29, 1.82) is 0 Å². The van der Waals surface area contributed by atoms with Gasteiger partial charge in [-0.1, -0.05) is 17.7 Å². The summed E-state index contributed by atoms with van der Waals surface area (Å²) in [6, 6.07) is 8.94. The molecule has 2 rings (SSSR count). The van der Waals surface area contributed by atoms with Gasteiger partial charge in [0.25, 0.3) is 5.69 Å². The molecule has 0 spiro atoms. The van der Waals surface area contributed by atoms with Crippen LogP contribution in [0.3, 0.4) is 0 Å². The van der Waals surface area contributed by atoms with E-state index in [4.69, 9.17) is 4.74 Å².